The molecule has 0 bridgehead atoms. The Morgan fingerprint density at radius 1 is 0.943 bits per heavy atom. The van der Waals surface area contributed by atoms with E-state index in [1.165, 1.54) is 31.8 Å². The molecule has 1 N–H and O–H groups in total. The number of rotatable bonds is 6. The molecule has 0 fully saturated rings. The Morgan fingerprint density at radius 2 is 1.80 bits per heavy atom. The molecule has 0 saturated heterocycles. The third-order valence-corrected chi connectivity index (χ3v) is 6.49. The topological polar surface area (TPSA) is 120 Å². The van der Waals surface area contributed by atoms with E-state index < -0.39 is 26.6 Å². The lowest BCUT2D eigenvalue weighted by atomic mass is 10.0. The van der Waals surface area contributed by atoms with Gasteiger partial charge in [-0.3, -0.25) is 4.72 Å². The zero-order valence-corrected chi connectivity index (χ0v) is 18.8. The van der Waals surface area contributed by atoms with Crippen LogP contribution in [0.1, 0.15) is 0 Å². The van der Waals surface area contributed by atoms with Crippen molar-refractivity contribution in [1.29, 1.82) is 0 Å². The van der Waals surface area contributed by atoms with Gasteiger partial charge in [-0.05, 0) is 42.0 Å². The van der Waals surface area contributed by atoms with Crippen LogP contribution < -0.4 is 9.46 Å². The van der Waals surface area contributed by atoms with E-state index in [9.17, 15) is 17.2 Å². The van der Waals surface area contributed by atoms with Crippen LogP contribution in [0.3, 0.4) is 0 Å². The number of anilines is 1. The highest BCUT2D eigenvalue weighted by Crippen LogP contribution is 2.36. The predicted octanol–water partition coefficient (Wildman–Crippen LogP) is 4.43. The molecule has 0 amide bonds. The maximum Gasteiger partial charge on any atom is 0.264 e. The third kappa shape index (κ3) is 4.26. The molecule has 0 saturated carbocycles. The fourth-order valence-electron chi connectivity index (χ4n) is 3.50. The van der Waals surface area contributed by atoms with Crippen molar-refractivity contribution in [3.8, 4) is 28.3 Å². The van der Waals surface area contributed by atoms with Gasteiger partial charge in [0.1, 0.15) is 28.0 Å². The normalized spacial score (nSPS) is 11.5. The van der Waals surface area contributed by atoms with E-state index in [0.717, 1.165) is 12.1 Å². The van der Waals surface area contributed by atoms with Crippen LogP contribution in [0.5, 0.6) is 5.88 Å². The number of nitrogens with one attached hydrogen (secondary N) is 1. The second-order valence-corrected chi connectivity index (χ2v) is 8.93. The first-order chi connectivity index (χ1) is 16.9. The van der Waals surface area contributed by atoms with Gasteiger partial charge in [0.25, 0.3) is 10.0 Å². The summed E-state index contributed by atoms with van der Waals surface area (Å²) in [5.74, 6) is -1.65. The zero-order chi connectivity index (χ0) is 24.6. The van der Waals surface area contributed by atoms with E-state index >= 15 is 0 Å². The molecule has 0 radical (unpaired) electrons. The second kappa shape index (κ2) is 8.72. The number of pyridine rings is 2. The molecule has 12 heteroatoms. The largest absolute Gasteiger partial charge is 0.480 e. The van der Waals surface area contributed by atoms with Crippen LogP contribution in [0.15, 0.2) is 76.6 Å². The molecule has 4 heterocycles. The lowest BCUT2D eigenvalue weighted by Gasteiger charge is -2.13. The monoisotopic (exact) mass is 495 g/mol. The van der Waals surface area contributed by atoms with Gasteiger partial charge in [0.05, 0.1) is 19.5 Å². The number of ether oxygens (including phenoxy) is 1. The van der Waals surface area contributed by atoms with Crippen LogP contribution in [0.2, 0.25) is 0 Å². The summed E-state index contributed by atoms with van der Waals surface area (Å²) in [5, 5.41) is 8.24. The summed E-state index contributed by atoms with van der Waals surface area (Å²) >= 11 is 0. The second-order valence-electron chi connectivity index (χ2n) is 7.28. The van der Waals surface area contributed by atoms with E-state index in [4.69, 9.17) is 9.15 Å². The number of benzene rings is 1. The highest BCUT2D eigenvalue weighted by molar-refractivity contribution is 7.92. The van der Waals surface area contributed by atoms with Gasteiger partial charge in [-0.15, -0.1) is 0 Å². The number of methoxy groups -OCH3 is 1. The van der Waals surface area contributed by atoms with Crippen molar-refractivity contribution < 1.29 is 26.4 Å². The molecule has 0 unspecified atom stereocenters. The average molecular weight is 495 g/mol. The van der Waals surface area contributed by atoms with Gasteiger partial charge in [-0.1, -0.05) is 0 Å². The fraction of sp³-hybridized carbons (Fsp3) is 0.0435. The van der Waals surface area contributed by atoms with E-state index in [-0.39, 0.29) is 11.6 Å². The van der Waals surface area contributed by atoms with Gasteiger partial charge in [-0.25, -0.2) is 27.2 Å². The zero-order valence-electron chi connectivity index (χ0n) is 17.9. The van der Waals surface area contributed by atoms with Crippen molar-refractivity contribution in [2.75, 3.05) is 11.8 Å². The van der Waals surface area contributed by atoms with Crippen LogP contribution >= 0.6 is 0 Å². The summed E-state index contributed by atoms with van der Waals surface area (Å²) in [6.45, 7) is 0. The van der Waals surface area contributed by atoms with Crippen molar-refractivity contribution in [3.05, 3.63) is 78.9 Å². The maximum atomic E-state index is 14.2. The number of hydrogen-bond acceptors (Lipinski definition) is 8. The van der Waals surface area contributed by atoms with Gasteiger partial charge in [0, 0.05) is 35.0 Å². The number of halogens is 2. The lowest BCUT2D eigenvalue weighted by molar-refractivity contribution is 0.400. The van der Waals surface area contributed by atoms with Crippen molar-refractivity contribution in [2.24, 2.45) is 0 Å². The summed E-state index contributed by atoms with van der Waals surface area (Å²) in [5.41, 5.74) is 2.17. The van der Waals surface area contributed by atoms with Crippen LogP contribution in [-0.4, -0.2) is 35.7 Å². The number of sulfonamides is 1. The molecule has 5 aromatic rings. The van der Waals surface area contributed by atoms with Crippen LogP contribution in [-0.2, 0) is 10.0 Å². The minimum Gasteiger partial charge on any atom is -0.480 e. The van der Waals surface area contributed by atoms with Gasteiger partial charge in [0.15, 0.2) is 0 Å². The van der Waals surface area contributed by atoms with E-state index in [0.29, 0.717) is 39.6 Å². The molecular weight excluding hydrogens is 480 g/mol. The first-order valence-electron chi connectivity index (χ1n) is 10.0. The smallest absolute Gasteiger partial charge is 0.264 e. The molecular formula is C23H15F2N5O4S. The van der Waals surface area contributed by atoms with E-state index in [1.54, 1.807) is 24.4 Å². The molecule has 0 atom stereocenters. The Balaban J connectivity index is 1.58. The minimum absolute atomic E-state index is 0.0408. The van der Waals surface area contributed by atoms with Gasteiger partial charge in [0.2, 0.25) is 11.6 Å². The molecule has 0 aliphatic carbocycles. The van der Waals surface area contributed by atoms with Crippen LogP contribution in [0.25, 0.3) is 33.6 Å². The third-order valence-electron chi connectivity index (χ3n) is 5.09. The quantitative estimate of drug-likeness (QED) is 0.367. The van der Waals surface area contributed by atoms with Gasteiger partial charge < -0.3 is 9.15 Å². The molecule has 0 aliphatic rings. The molecule has 0 aliphatic heterocycles. The minimum atomic E-state index is -4.42. The number of aromatic nitrogens is 4. The molecule has 176 valence electrons. The Morgan fingerprint density at radius 3 is 2.54 bits per heavy atom. The van der Waals surface area contributed by atoms with Gasteiger partial charge >= 0.3 is 0 Å². The first-order valence-corrected chi connectivity index (χ1v) is 11.5. The Bertz CT molecular complexity index is 1660. The molecule has 5 rings (SSSR count). The average Bonchev–Trinajstić information content (AvgIpc) is 3.29. The Hall–Kier alpha value is -4.45. The van der Waals surface area contributed by atoms with Crippen molar-refractivity contribution in [1.82, 2.24) is 20.2 Å². The Labute approximate surface area is 197 Å². The highest BCUT2D eigenvalue weighted by atomic mass is 32.2. The van der Waals surface area contributed by atoms with Crippen molar-refractivity contribution >= 4 is 26.8 Å². The van der Waals surface area contributed by atoms with Crippen LogP contribution in [0, 0.1) is 11.6 Å². The summed E-state index contributed by atoms with van der Waals surface area (Å²) < 4.78 is 66.4. The summed E-state index contributed by atoms with van der Waals surface area (Å²) in [6, 6.07) is 8.89. The summed E-state index contributed by atoms with van der Waals surface area (Å²) in [7, 11) is -3.11. The number of furan rings is 1. The molecule has 4 aromatic heterocycles. The SMILES string of the molecule is COc1ncc(-c2ccnc3oc(-c4ccnnc4)cc23)cc1NS(=O)(=O)c1ccc(F)cc1F. The van der Waals surface area contributed by atoms with Gasteiger partial charge in [-0.2, -0.15) is 10.2 Å². The maximum absolute atomic E-state index is 14.2. The summed E-state index contributed by atoms with van der Waals surface area (Å²) in [4.78, 5) is 7.72. The molecule has 1 aromatic carbocycles. The van der Waals surface area contributed by atoms with Crippen LogP contribution in [0.4, 0.5) is 14.5 Å². The predicted molar refractivity (Wildman–Crippen MR) is 122 cm³/mol. The first kappa shape index (κ1) is 22.3. The fourth-order valence-corrected chi connectivity index (χ4v) is 4.61. The van der Waals surface area contributed by atoms with E-state index in [1.807, 2.05) is 0 Å². The number of fused-ring (bicyclic) bond motifs is 1. The Kier molecular flexibility index (Phi) is 5.57. The standard InChI is InChI=1S/C23H15F2N5O4S/c1-33-23-19(30-35(31,32)21-3-2-15(24)9-18(21)25)8-14(11-27-23)16-5-6-26-22-17(16)10-20(34-22)13-4-7-28-29-12-13/h2-12,30H,1H3. The van der Waals surface area contributed by atoms with Crippen molar-refractivity contribution in [3.63, 3.8) is 0 Å². The molecule has 9 nitrogen and oxygen atoms in total. The lowest BCUT2D eigenvalue weighted by Crippen LogP contribution is -2.15. The summed E-state index contributed by atoms with van der Waals surface area (Å²) in [6.07, 6.45) is 6.11. The molecule has 35 heavy (non-hydrogen) atoms. The number of nitrogens with zero attached hydrogens (tertiary/aromatic N) is 4. The van der Waals surface area contributed by atoms with E-state index in [2.05, 4.69) is 24.9 Å². The number of hydrogen-bond donors (Lipinski definition) is 1. The molecule has 0 spiro atoms. The van der Waals surface area contributed by atoms with Crippen molar-refractivity contribution in [2.45, 2.75) is 4.90 Å². The highest BCUT2D eigenvalue weighted by Gasteiger charge is 2.23.